The largest absolute Gasteiger partial charge is 0.297 e. The predicted octanol–water partition coefficient (Wildman–Crippen LogP) is 1.29. The van der Waals surface area contributed by atoms with Crippen molar-refractivity contribution in [2.24, 2.45) is 0 Å². The molecular weight excluding hydrogens is 284 g/mol. The number of fused-ring (bicyclic) bond motifs is 1. The van der Waals surface area contributed by atoms with E-state index in [4.69, 9.17) is 0 Å². The summed E-state index contributed by atoms with van der Waals surface area (Å²) in [5.41, 5.74) is 1.58. The highest BCUT2D eigenvalue weighted by Crippen LogP contribution is 2.27. The van der Waals surface area contributed by atoms with E-state index >= 15 is 0 Å². The van der Waals surface area contributed by atoms with Crippen molar-refractivity contribution in [1.82, 2.24) is 10.2 Å². The Kier molecular flexibility index (Phi) is 4.70. The summed E-state index contributed by atoms with van der Waals surface area (Å²) in [4.78, 5) is 48.5. The second kappa shape index (κ2) is 6.51. The molecule has 0 radical (unpaired) electrons. The van der Waals surface area contributed by atoms with Gasteiger partial charge in [0.1, 0.15) is 6.04 Å². The third kappa shape index (κ3) is 2.64. The summed E-state index contributed by atoms with van der Waals surface area (Å²) < 4.78 is 0. The van der Waals surface area contributed by atoms with Gasteiger partial charge in [0, 0.05) is 0 Å². The highest BCUT2D eigenvalue weighted by molar-refractivity contribution is 6.23. The summed E-state index contributed by atoms with van der Waals surface area (Å²) in [5.74, 6) is -1.60. The van der Waals surface area contributed by atoms with Crippen LogP contribution < -0.4 is 5.32 Å². The molecule has 1 heterocycles. The molecule has 1 aliphatic heterocycles. The topological polar surface area (TPSA) is 83.6 Å². The Labute approximate surface area is 128 Å². The molecule has 0 saturated carbocycles. The SMILES string of the molecule is CCCC(C(=O)NC=O)N1C(=O)c2ccc(CC)cc2C1=O. The number of rotatable bonds is 6. The molecule has 1 N–H and O–H groups in total. The normalized spacial score (nSPS) is 14.7. The Morgan fingerprint density at radius 1 is 1.23 bits per heavy atom. The van der Waals surface area contributed by atoms with E-state index in [1.54, 1.807) is 18.2 Å². The lowest BCUT2D eigenvalue weighted by Gasteiger charge is -2.23. The average Bonchev–Trinajstić information content (AvgIpc) is 2.76. The fourth-order valence-corrected chi connectivity index (χ4v) is 2.61. The number of benzene rings is 1. The van der Waals surface area contributed by atoms with E-state index in [1.165, 1.54) is 0 Å². The molecule has 0 fully saturated rings. The summed E-state index contributed by atoms with van der Waals surface area (Å²) in [6.07, 6.45) is 1.92. The number of hydrogen-bond donors (Lipinski definition) is 1. The van der Waals surface area contributed by atoms with Gasteiger partial charge in [-0.05, 0) is 30.5 Å². The van der Waals surface area contributed by atoms with Gasteiger partial charge in [-0.2, -0.15) is 0 Å². The fourth-order valence-electron chi connectivity index (χ4n) is 2.61. The van der Waals surface area contributed by atoms with Gasteiger partial charge in [-0.15, -0.1) is 0 Å². The van der Waals surface area contributed by atoms with Gasteiger partial charge in [0.2, 0.25) is 12.3 Å². The maximum atomic E-state index is 12.5. The lowest BCUT2D eigenvalue weighted by atomic mass is 10.0. The minimum absolute atomic E-state index is 0.262. The second-order valence-corrected chi connectivity index (χ2v) is 5.14. The standard InChI is InChI=1S/C16H18N2O4/c1-3-5-13(14(20)17-9-19)18-15(21)11-7-6-10(4-2)8-12(11)16(18)22/h6-9,13H,3-5H2,1-2H3,(H,17,19,20). The number of carbonyl (C=O) groups is 4. The first-order valence-electron chi connectivity index (χ1n) is 7.29. The first kappa shape index (κ1) is 15.9. The zero-order valence-corrected chi connectivity index (χ0v) is 12.6. The molecule has 6 heteroatoms. The van der Waals surface area contributed by atoms with Crippen LogP contribution in [-0.2, 0) is 16.0 Å². The van der Waals surface area contributed by atoms with E-state index in [-0.39, 0.29) is 6.41 Å². The van der Waals surface area contributed by atoms with Crippen molar-refractivity contribution in [3.05, 3.63) is 34.9 Å². The van der Waals surface area contributed by atoms with Crippen LogP contribution in [0.3, 0.4) is 0 Å². The van der Waals surface area contributed by atoms with Gasteiger partial charge >= 0.3 is 0 Å². The van der Waals surface area contributed by atoms with Crippen molar-refractivity contribution in [2.75, 3.05) is 0 Å². The van der Waals surface area contributed by atoms with Crippen molar-refractivity contribution in [3.8, 4) is 0 Å². The van der Waals surface area contributed by atoms with Gasteiger partial charge in [0.15, 0.2) is 0 Å². The summed E-state index contributed by atoms with van der Waals surface area (Å²) in [5, 5.41) is 2.03. The molecule has 0 spiro atoms. The Hall–Kier alpha value is -2.50. The minimum atomic E-state index is -0.965. The van der Waals surface area contributed by atoms with Crippen molar-refractivity contribution >= 4 is 24.1 Å². The number of carbonyl (C=O) groups excluding carboxylic acids is 4. The van der Waals surface area contributed by atoms with Gasteiger partial charge in [0.05, 0.1) is 11.1 Å². The quantitative estimate of drug-likeness (QED) is 0.634. The zero-order chi connectivity index (χ0) is 16.3. The van der Waals surface area contributed by atoms with Crippen LogP contribution in [0.25, 0.3) is 0 Å². The highest BCUT2D eigenvalue weighted by Gasteiger charge is 2.42. The summed E-state index contributed by atoms with van der Waals surface area (Å²) in [7, 11) is 0. The number of amides is 4. The lowest BCUT2D eigenvalue weighted by molar-refractivity contribution is -0.128. The summed E-state index contributed by atoms with van der Waals surface area (Å²) in [6.45, 7) is 3.80. The number of imide groups is 2. The van der Waals surface area contributed by atoms with Gasteiger partial charge < -0.3 is 0 Å². The van der Waals surface area contributed by atoms with E-state index in [0.717, 1.165) is 16.9 Å². The molecule has 0 aromatic heterocycles. The van der Waals surface area contributed by atoms with Crippen LogP contribution in [0.1, 0.15) is 53.0 Å². The summed E-state index contributed by atoms with van der Waals surface area (Å²) in [6, 6.07) is 4.15. The first-order valence-corrected chi connectivity index (χ1v) is 7.29. The number of nitrogens with one attached hydrogen (secondary N) is 1. The smallest absolute Gasteiger partial charge is 0.262 e. The van der Waals surface area contributed by atoms with E-state index < -0.39 is 23.8 Å². The maximum absolute atomic E-state index is 12.5. The Bertz CT molecular complexity index is 639. The lowest BCUT2D eigenvalue weighted by Crippen LogP contribution is -2.49. The molecule has 1 aromatic rings. The van der Waals surface area contributed by atoms with Crippen molar-refractivity contribution in [1.29, 1.82) is 0 Å². The molecule has 116 valence electrons. The van der Waals surface area contributed by atoms with E-state index in [0.29, 0.717) is 24.0 Å². The van der Waals surface area contributed by atoms with Crippen molar-refractivity contribution < 1.29 is 19.2 Å². The maximum Gasteiger partial charge on any atom is 0.262 e. The van der Waals surface area contributed by atoms with Crippen LogP contribution in [0, 0.1) is 0 Å². The molecule has 1 aliphatic rings. The van der Waals surface area contributed by atoms with Crippen LogP contribution in [0.4, 0.5) is 0 Å². The van der Waals surface area contributed by atoms with Crippen LogP contribution in [0.5, 0.6) is 0 Å². The van der Waals surface area contributed by atoms with Gasteiger partial charge in [-0.25, -0.2) is 0 Å². The molecule has 1 aromatic carbocycles. The van der Waals surface area contributed by atoms with E-state index in [9.17, 15) is 19.2 Å². The highest BCUT2D eigenvalue weighted by atomic mass is 16.2. The Morgan fingerprint density at radius 2 is 1.91 bits per heavy atom. The minimum Gasteiger partial charge on any atom is -0.297 e. The van der Waals surface area contributed by atoms with E-state index in [2.05, 4.69) is 0 Å². The van der Waals surface area contributed by atoms with Crippen LogP contribution in [0.15, 0.2) is 18.2 Å². The predicted molar refractivity (Wildman–Crippen MR) is 79.2 cm³/mol. The molecule has 6 nitrogen and oxygen atoms in total. The molecule has 22 heavy (non-hydrogen) atoms. The van der Waals surface area contributed by atoms with Gasteiger partial charge in [0.25, 0.3) is 11.8 Å². The van der Waals surface area contributed by atoms with Gasteiger partial charge in [-0.3, -0.25) is 29.4 Å². The number of aryl methyl sites for hydroxylation is 1. The summed E-state index contributed by atoms with van der Waals surface area (Å²) >= 11 is 0. The zero-order valence-electron chi connectivity index (χ0n) is 12.6. The molecule has 4 amide bonds. The molecule has 0 aliphatic carbocycles. The second-order valence-electron chi connectivity index (χ2n) is 5.14. The monoisotopic (exact) mass is 302 g/mol. The van der Waals surface area contributed by atoms with Gasteiger partial charge in [-0.1, -0.05) is 26.3 Å². The van der Waals surface area contributed by atoms with Crippen molar-refractivity contribution in [2.45, 2.75) is 39.2 Å². The first-order chi connectivity index (χ1) is 10.5. The Morgan fingerprint density at radius 3 is 2.50 bits per heavy atom. The van der Waals surface area contributed by atoms with Crippen molar-refractivity contribution in [3.63, 3.8) is 0 Å². The van der Waals surface area contributed by atoms with Crippen LogP contribution in [-0.4, -0.2) is 35.1 Å². The molecule has 1 atom stereocenters. The van der Waals surface area contributed by atoms with Crippen LogP contribution >= 0.6 is 0 Å². The number of nitrogens with zero attached hydrogens (tertiary/aromatic N) is 1. The Balaban J connectivity index is 2.40. The molecule has 0 saturated heterocycles. The molecule has 0 bridgehead atoms. The molecule has 1 unspecified atom stereocenters. The van der Waals surface area contributed by atoms with E-state index in [1.807, 2.05) is 19.2 Å². The molecule has 2 rings (SSSR count). The molecular formula is C16H18N2O4. The van der Waals surface area contributed by atoms with Crippen LogP contribution in [0.2, 0.25) is 0 Å². The number of hydrogen-bond acceptors (Lipinski definition) is 4. The fraction of sp³-hybridized carbons (Fsp3) is 0.375. The third-order valence-electron chi connectivity index (χ3n) is 3.77. The third-order valence-corrected chi connectivity index (χ3v) is 3.77. The average molecular weight is 302 g/mol.